The summed E-state index contributed by atoms with van der Waals surface area (Å²) in [7, 11) is 0. The highest BCUT2D eigenvalue weighted by atomic mass is 35.5. The summed E-state index contributed by atoms with van der Waals surface area (Å²) in [5.41, 5.74) is 1.42. The molecule has 2 rings (SSSR count). The molecule has 1 heterocycles. The van der Waals surface area contributed by atoms with E-state index >= 15 is 0 Å². The monoisotopic (exact) mass is 268 g/mol. The molecule has 4 nitrogen and oxygen atoms in total. The van der Waals surface area contributed by atoms with Gasteiger partial charge in [-0.25, -0.2) is 9.07 Å². The lowest BCUT2D eigenvalue weighted by Crippen LogP contribution is -2.23. The van der Waals surface area contributed by atoms with Crippen molar-refractivity contribution < 1.29 is 4.39 Å². The standard InChI is InChI=1S/C12H14ClFN4/c1-8(2)15-6-12-7-16-17-18(12)11-4-9(13)3-10(14)5-11/h3-5,7-8,15H,6H2,1-2H3. The zero-order valence-electron chi connectivity index (χ0n) is 10.2. The fourth-order valence-electron chi connectivity index (χ4n) is 1.56. The lowest BCUT2D eigenvalue weighted by atomic mass is 10.3. The third kappa shape index (κ3) is 3.05. The van der Waals surface area contributed by atoms with E-state index < -0.39 is 5.82 Å². The summed E-state index contributed by atoms with van der Waals surface area (Å²) in [6.07, 6.45) is 1.65. The Morgan fingerprint density at radius 3 is 2.83 bits per heavy atom. The second kappa shape index (κ2) is 5.46. The van der Waals surface area contributed by atoms with Gasteiger partial charge in [0.2, 0.25) is 0 Å². The molecular formula is C12H14ClFN4. The van der Waals surface area contributed by atoms with Crippen molar-refractivity contribution in [1.29, 1.82) is 0 Å². The minimum atomic E-state index is -0.393. The predicted molar refractivity (Wildman–Crippen MR) is 68.3 cm³/mol. The molecule has 0 bridgehead atoms. The number of rotatable bonds is 4. The van der Waals surface area contributed by atoms with Crippen LogP contribution >= 0.6 is 11.6 Å². The first-order valence-corrected chi connectivity index (χ1v) is 6.03. The maximum absolute atomic E-state index is 13.3. The van der Waals surface area contributed by atoms with Gasteiger partial charge in [-0.3, -0.25) is 0 Å². The topological polar surface area (TPSA) is 42.7 Å². The van der Waals surface area contributed by atoms with Crippen LogP contribution < -0.4 is 5.32 Å². The van der Waals surface area contributed by atoms with Gasteiger partial charge in [0.15, 0.2) is 0 Å². The van der Waals surface area contributed by atoms with Gasteiger partial charge >= 0.3 is 0 Å². The molecule has 6 heteroatoms. The van der Waals surface area contributed by atoms with Crippen molar-refractivity contribution in [1.82, 2.24) is 20.3 Å². The average molecular weight is 269 g/mol. The van der Waals surface area contributed by atoms with Gasteiger partial charge in [-0.05, 0) is 18.2 Å². The maximum Gasteiger partial charge on any atom is 0.126 e. The lowest BCUT2D eigenvalue weighted by molar-refractivity contribution is 0.569. The van der Waals surface area contributed by atoms with Crippen LogP contribution in [-0.4, -0.2) is 21.0 Å². The average Bonchev–Trinajstić information content (AvgIpc) is 2.72. The quantitative estimate of drug-likeness (QED) is 0.927. The molecule has 96 valence electrons. The third-order valence-electron chi connectivity index (χ3n) is 2.40. The van der Waals surface area contributed by atoms with Crippen LogP contribution in [0.3, 0.4) is 0 Å². The van der Waals surface area contributed by atoms with E-state index in [2.05, 4.69) is 15.6 Å². The van der Waals surface area contributed by atoms with Gasteiger partial charge in [-0.1, -0.05) is 30.7 Å². The predicted octanol–water partition coefficient (Wildman–Crippen LogP) is 2.56. The Morgan fingerprint density at radius 1 is 1.39 bits per heavy atom. The molecule has 0 fully saturated rings. The van der Waals surface area contributed by atoms with Crippen LogP contribution in [0.4, 0.5) is 4.39 Å². The number of nitrogens with zero attached hydrogens (tertiary/aromatic N) is 3. The number of aromatic nitrogens is 3. The highest BCUT2D eigenvalue weighted by Crippen LogP contribution is 2.18. The van der Waals surface area contributed by atoms with Gasteiger partial charge in [-0.2, -0.15) is 0 Å². The summed E-state index contributed by atoms with van der Waals surface area (Å²) in [4.78, 5) is 0. The zero-order valence-corrected chi connectivity index (χ0v) is 10.9. The highest BCUT2D eigenvalue weighted by Gasteiger charge is 2.08. The second-order valence-corrected chi connectivity index (χ2v) is 4.74. The van der Waals surface area contributed by atoms with Crippen molar-refractivity contribution in [3.05, 3.63) is 40.9 Å². The fourth-order valence-corrected chi connectivity index (χ4v) is 1.78. The van der Waals surface area contributed by atoms with E-state index in [9.17, 15) is 4.39 Å². The number of halogens is 2. The maximum atomic E-state index is 13.3. The van der Waals surface area contributed by atoms with Crippen molar-refractivity contribution in [3.8, 4) is 5.69 Å². The van der Waals surface area contributed by atoms with E-state index in [1.165, 1.54) is 12.1 Å². The fraction of sp³-hybridized carbons (Fsp3) is 0.333. The first-order valence-electron chi connectivity index (χ1n) is 5.65. The zero-order chi connectivity index (χ0) is 13.1. The van der Waals surface area contributed by atoms with Gasteiger partial charge in [0.25, 0.3) is 0 Å². The van der Waals surface area contributed by atoms with Crippen molar-refractivity contribution in [2.45, 2.75) is 26.4 Å². The molecule has 0 amide bonds. The van der Waals surface area contributed by atoms with Gasteiger partial charge in [0.1, 0.15) is 5.82 Å². The first kappa shape index (κ1) is 13.0. The molecular weight excluding hydrogens is 255 g/mol. The molecule has 0 saturated heterocycles. The third-order valence-corrected chi connectivity index (χ3v) is 2.62. The van der Waals surface area contributed by atoms with Crippen LogP contribution in [-0.2, 0) is 6.54 Å². The number of nitrogens with one attached hydrogen (secondary N) is 1. The summed E-state index contributed by atoms with van der Waals surface area (Å²) >= 11 is 5.83. The van der Waals surface area contributed by atoms with Crippen LogP contribution in [0.25, 0.3) is 5.69 Å². The number of benzene rings is 1. The number of hydrogen-bond acceptors (Lipinski definition) is 3. The molecule has 0 spiro atoms. The Bertz CT molecular complexity index is 518. The second-order valence-electron chi connectivity index (χ2n) is 4.30. The first-order chi connectivity index (χ1) is 8.56. The molecule has 18 heavy (non-hydrogen) atoms. The van der Waals surface area contributed by atoms with Gasteiger partial charge in [0, 0.05) is 17.6 Å². The van der Waals surface area contributed by atoms with Crippen LogP contribution in [0, 0.1) is 5.82 Å². The van der Waals surface area contributed by atoms with Crippen LogP contribution in [0.2, 0.25) is 5.02 Å². The van der Waals surface area contributed by atoms with Gasteiger partial charge in [-0.15, -0.1) is 5.10 Å². The smallest absolute Gasteiger partial charge is 0.126 e. The summed E-state index contributed by atoms with van der Waals surface area (Å²) in [5.74, 6) is -0.393. The van der Waals surface area contributed by atoms with Gasteiger partial charge < -0.3 is 5.32 Å². The Labute approximate surface area is 110 Å². The highest BCUT2D eigenvalue weighted by molar-refractivity contribution is 6.30. The molecule has 0 aliphatic rings. The summed E-state index contributed by atoms with van der Waals surface area (Å²) in [6.45, 7) is 4.71. The van der Waals surface area contributed by atoms with E-state index in [-0.39, 0.29) is 0 Å². The largest absolute Gasteiger partial charge is 0.309 e. The summed E-state index contributed by atoms with van der Waals surface area (Å²) < 4.78 is 14.9. The molecule has 0 aliphatic heterocycles. The minimum Gasteiger partial charge on any atom is -0.309 e. The van der Waals surface area contributed by atoms with E-state index in [0.29, 0.717) is 23.3 Å². The Morgan fingerprint density at radius 2 is 2.17 bits per heavy atom. The van der Waals surface area contributed by atoms with Crippen LogP contribution in [0.1, 0.15) is 19.5 Å². The van der Waals surface area contributed by atoms with Gasteiger partial charge in [0.05, 0.1) is 17.6 Å². The molecule has 0 saturated carbocycles. The minimum absolute atomic E-state index is 0.336. The molecule has 1 aromatic heterocycles. The number of hydrogen-bond donors (Lipinski definition) is 1. The summed E-state index contributed by atoms with van der Waals surface area (Å²) in [6, 6.07) is 4.63. The van der Waals surface area contributed by atoms with Crippen molar-refractivity contribution in [2.24, 2.45) is 0 Å². The van der Waals surface area contributed by atoms with Crippen LogP contribution in [0.15, 0.2) is 24.4 Å². The van der Waals surface area contributed by atoms with E-state index in [1.807, 2.05) is 13.8 Å². The van der Waals surface area contributed by atoms with E-state index in [1.54, 1.807) is 16.9 Å². The summed E-state index contributed by atoms with van der Waals surface area (Å²) in [5, 5.41) is 11.4. The van der Waals surface area contributed by atoms with Crippen molar-refractivity contribution in [3.63, 3.8) is 0 Å². The van der Waals surface area contributed by atoms with Crippen molar-refractivity contribution >= 4 is 11.6 Å². The molecule has 1 N–H and O–H groups in total. The molecule has 0 aliphatic carbocycles. The molecule has 0 atom stereocenters. The SMILES string of the molecule is CC(C)NCc1cnnn1-c1cc(F)cc(Cl)c1. The van der Waals surface area contributed by atoms with E-state index in [0.717, 1.165) is 5.69 Å². The molecule has 2 aromatic rings. The molecule has 1 aromatic carbocycles. The molecule has 0 unspecified atom stereocenters. The van der Waals surface area contributed by atoms with E-state index in [4.69, 9.17) is 11.6 Å². The van der Waals surface area contributed by atoms with Crippen LogP contribution in [0.5, 0.6) is 0 Å². The van der Waals surface area contributed by atoms with Crippen molar-refractivity contribution in [2.75, 3.05) is 0 Å². The molecule has 0 radical (unpaired) electrons. The normalized spacial score (nSPS) is 11.2. The Hall–Kier alpha value is -1.46. The Kier molecular flexibility index (Phi) is 3.93. The lowest BCUT2D eigenvalue weighted by Gasteiger charge is -2.10. The Balaban J connectivity index is 2.30.